The number of carbonyl (C=O) groups is 1. The van der Waals surface area contributed by atoms with Crippen molar-refractivity contribution in [2.45, 2.75) is 0 Å². The summed E-state index contributed by atoms with van der Waals surface area (Å²) in [7, 11) is 0. The number of hydrogen-bond acceptors (Lipinski definition) is 1. The predicted octanol–water partition coefficient (Wildman–Crippen LogP) is 1.12. The third-order valence-corrected chi connectivity index (χ3v) is 1.22. The Hall–Kier alpha value is -1.38. The molecule has 0 amide bonds. The SMILES string of the molecule is O=C(O)C=Cc1cbccc1. The Morgan fingerprint density at radius 2 is 2.45 bits per heavy atom. The van der Waals surface area contributed by atoms with Crippen LogP contribution in [0.25, 0.3) is 6.08 Å². The van der Waals surface area contributed by atoms with E-state index in [4.69, 9.17) is 5.11 Å². The molecule has 1 aromatic heterocycles. The van der Waals surface area contributed by atoms with Crippen molar-refractivity contribution in [1.82, 2.24) is 0 Å². The van der Waals surface area contributed by atoms with Gasteiger partial charge in [0.05, 0.1) is 0 Å². The summed E-state index contributed by atoms with van der Waals surface area (Å²) in [6.07, 6.45) is 2.68. The van der Waals surface area contributed by atoms with Crippen LogP contribution in [0.3, 0.4) is 0 Å². The summed E-state index contributed by atoms with van der Waals surface area (Å²) in [5.41, 5.74) is 0.898. The van der Waals surface area contributed by atoms with Crippen molar-refractivity contribution >= 4 is 19.0 Å². The zero-order valence-corrected chi connectivity index (χ0v) is 5.90. The Bertz CT molecular complexity index is 267. The molecule has 1 rings (SSSR count). The molecule has 0 aliphatic heterocycles. The van der Waals surface area contributed by atoms with Gasteiger partial charge in [0.25, 0.3) is 0 Å². The van der Waals surface area contributed by atoms with Crippen LogP contribution in [0.2, 0.25) is 0 Å². The summed E-state index contributed by atoms with van der Waals surface area (Å²) in [6, 6.07) is 3.71. The Balaban J connectivity index is 2.72. The van der Waals surface area contributed by atoms with Gasteiger partial charge in [-0.1, -0.05) is 0 Å². The van der Waals surface area contributed by atoms with Gasteiger partial charge in [0.1, 0.15) is 0 Å². The molecule has 1 aromatic rings. The van der Waals surface area contributed by atoms with Crippen molar-refractivity contribution in [1.29, 1.82) is 0 Å². The van der Waals surface area contributed by atoms with Gasteiger partial charge in [0, 0.05) is 0 Å². The molecular weight excluding hydrogens is 139 g/mol. The van der Waals surface area contributed by atoms with Crippen LogP contribution in [0.5, 0.6) is 0 Å². The zero-order valence-electron chi connectivity index (χ0n) is 5.90. The third-order valence-electron chi connectivity index (χ3n) is 1.22. The van der Waals surface area contributed by atoms with Gasteiger partial charge in [0.2, 0.25) is 0 Å². The fourth-order valence-corrected chi connectivity index (χ4v) is 0.732. The maximum atomic E-state index is 10.1. The first kappa shape index (κ1) is 7.73. The van der Waals surface area contributed by atoms with E-state index >= 15 is 0 Å². The number of hydrogen-bond donors (Lipinski definition) is 1. The molecule has 0 saturated carbocycles. The van der Waals surface area contributed by atoms with Gasteiger partial charge in [-0.3, -0.25) is 0 Å². The fraction of sp³-hybridized carbons (Fsp3) is 0. The van der Waals surface area contributed by atoms with Gasteiger partial charge >= 0.3 is 64.6 Å². The molecule has 1 heterocycles. The van der Waals surface area contributed by atoms with Crippen LogP contribution in [-0.4, -0.2) is 18.0 Å². The van der Waals surface area contributed by atoms with Crippen molar-refractivity contribution in [3.05, 3.63) is 35.7 Å². The molecule has 1 N–H and O–H groups in total. The van der Waals surface area contributed by atoms with E-state index in [0.29, 0.717) is 0 Å². The van der Waals surface area contributed by atoms with Crippen molar-refractivity contribution < 1.29 is 9.90 Å². The topological polar surface area (TPSA) is 37.3 Å². The minimum atomic E-state index is -0.922. The van der Waals surface area contributed by atoms with Crippen molar-refractivity contribution in [2.75, 3.05) is 0 Å². The third kappa shape index (κ3) is 2.80. The number of aliphatic carboxylic acids is 1. The van der Waals surface area contributed by atoms with Crippen molar-refractivity contribution in [2.24, 2.45) is 0 Å². The average molecular weight is 146 g/mol. The van der Waals surface area contributed by atoms with Crippen molar-refractivity contribution in [3.8, 4) is 0 Å². The summed E-state index contributed by atoms with van der Waals surface area (Å²) >= 11 is 0. The van der Waals surface area contributed by atoms with Crippen LogP contribution in [0.1, 0.15) is 5.56 Å². The molecule has 3 heteroatoms. The Labute approximate surface area is 65.4 Å². The predicted molar refractivity (Wildman–Crippen MR) is 44.5 cm³/mol. The summed E-state index contributed by atoms with van der Waals surface area (Å²) in [5, 5.41) is 8.29. The Kier molecular flexibility index (Phi) is 2.61. The van der Waals surface area contributed by atoms with E-state index in [2.05, 4.69) is 0 Å². The molecule has 0 aromatic carbocycles. The van der Waals surface area contributed by atoms with Gasteiger partial charge in [-0.2, -0.15) is 0 Å². The van der Waals surface area contributed by atoms with E-state index in [0.717, 1.165) is 11.6 Å². The standard InChI is InChI=1S/C8H7BO2/c10-8(11)4-3-7-2-1-5-9-6-7/h1-6H,(H,10,11). The molecule has 0 saturated heterocycles. The second-order valence-corrected chi connectivity index (χ2v) is 2.08. The number of carboxylic acids is 1. The van der Waals surface area contributed by atoms with Gasteiger partial charge in [-0.05, 0) is 0 Å². The van der Waals surface area contributed by atoms with E-state index < -0.39 is 5.97 Å². The van der Waals surface area contributed by atoms with E-state index in [9.17, 15) is 4.79 Å². The van der Waals surface area contributed by atoms with Gasteiger partial charge < -0.3 is 0 Å². The Morgan fingerprint density at radius 3 is 3.00 bits per heavy atom. The number of rotatable bonds is 2. The summed E-state index contributed by atoms with van der Waals surface area (Å²) < 4.78 is 0. The van der Waals surface area contributed by atoms with Crippen LogP contribution in [0.15, 0.2) is 30.1 Å². The molecule has 0 aliphatic rings. The Morgan fingerprint density at radius 1 is 1.64 bits per heavy atom. The molecule has 11 heavy (non-hydrogen) atoms. The minimum absolute atomic E-state index is 0.898. The second kappa shape index (κ2) is 3.71. The zero-order chi connectivity index (χ0) is 8.10. The van der Waals surface area contributed by atoms with Crippen LogP contribution in [0.4, 0.5) is 0 Å². The molecule has 0 fully saturated rings. The van der Waals surface area contributed by atoms with E-state index in [1.54, 1.807) is 6.08 Å². The normalized spacial score (nSPS) is 9.82. The van der Waals surface area contributed by atoms with E-state index in [1.807, 2.05) is 31.0 Å². The first-order valence-corrected chi connectivity index (χ1v) is 3.25. The quantitative estimate of drug-likeness (QED) is 0.634. The fourth-order valence-electron chi connectivity index (χ4n) is 0.732. The van der Waals surface area contributed by atoms with Gasteiger partial charge in [-0.15, -0.1) is 0 Å². The molecule has 0 aliphatic carbocycles. The van der Waals surface area contributed by atoms with Gasteiger partial charge in [-0.25, -0.2) is 0 Å². The van der Waals surface area contributed by atoms with E-state index in [1.165, 1.54) is 0 Å². The van der Waals surface area contributed by atoms with Crippen LogP contribution < -0.4 is 0 Å². The van der Waals surface area contributed by atoms with E-state index in [-0.39, 0.29) is 0 Å². The molecule has 0 bridgehead atoms. The second-order valence-electron chi connectivity index (χ2n) is 2.08. The molecule has 54 valence electrons. The maximum absolute atomic E-state index is 10.1. The summed E-state index contributed by atoms with van der Waals surface area (Å²) in [6.45, 7) is 1.86. The van der Waals surface area contributed by atoms with Crippen LogP contribution in [0, 0.1) is 0 Å². The molecule has 0 spiro atoms. The molecule has 0 unspecified atom stereocenters. The molecule has 0 radical (unpaired) electrons. The monoisotopic (exact) mass is 146 g/mol. The first-order chi connectivity index (χ1) is 5.29. The summed E-state index contributed by atoms with van der Waals surface area (Å²) in [4.78, 5) is 10.1. The first-order valence-electron chi connectivity index (χ1n) is 3.25. The average Bonchev–Trinajstić information content (AvgIpc) is 2.03. The van der Waals surface area contributed by atoms with Crippen molar-refractivity contribution in [3.63, 3.8) is 0 Å². The molecular formula is C8H7BO2. The molecule has 2 nitrogen and oxygen atoms in total. The van der Waals surface area contributed by atoms with Crippen LogP contribution >= 0.6 is 0 Å². The van der Waals surface area contributed by atoms with Gasteiger partial charge in [0.15, 0.2) is 0 Å². The molecule has 0 atom stereocenters. The summed E-state index contributed by atoms with van der Waals surface area (Å²) in [5.74, 6) is 2.81. The number of carboxylic acid groups (broad SMARTS) is 1. The van der Waals surface area contributed by atoms with Crippen LogP contribution in [-0.2, 0) is 4.79 Å².